The largest absolute Gasteiger partial charge is 0.370 e. The number of hydrogen-bond acceptors (Lipinski definition) is 4. The van der Waals surface area contributed by atoms with Gasteiger partial charge in [-0.15, -0.1) is 0 Å². The van der Waals surface area contributed by atoms with Crippen molar-refractivity contribution >= 4 is 23.5 Å². The van der Waals surface area contributed by atoms with Gasteiger partial charge < -0.3 is 10.2 Å². The number of carbonyl (C=O) groups is 1. The maximum absolute atomic E-state index is 12.6. The first-order valence-corrected chi connectivity index (χ1v) is 8.13. The van der Waals surface area contributed by atoms with Gasteiger partial charge in [-0.2, -0.15) is 11.8 Å². The van der Waals surface area contributed by atoms with Crippen molar-refractivity contribution in [1.29, 1.82) is 0 Å². The highest BCUT2D eigenvalue weighted by Crippen LogP contribution is 2.31. The molecular weight excluding hydrogens is 270 g/mol. The maximum atomic E-state index is 12.6. The molecule has 1 amide bonds. The summed E-state index contributed by atoms with van der Waals surface area (Å²) in [7, 11) is 0. The molecule has 1 aromatic rings. The second-order valence-corrected chi connectivity index (χ2v) is 7.41. The maximum Gasteiger partial charge on any atom is 0.254 e. The van der Waals surface area contributed by atoms with Crippen LogP contribution < -0.4 is 5.32 Å². The van der Waals surface area contributed by atoms with Gasteiger partial charge in [-0.1, -0.05) is 13.8 Å². The predicted octanol–water partition coefficient (Wildman–Crippen LogP) is 2.87. The minimum atomic E-state index is 0.116. The summed E-state index contributed by atoms with van der Waals surface area (Å²) in [6, 6.07) is 3.64. The molecule has 0 bridgehead atoms. The van der Waals surface area contributed by atoms with E-state index in [1.807, 2.05) is 29.7 Å². The average molecular weight is 293 g/mol. The van der Waals surface area contributed by atoms with Crippen LogP contribution in [0.3, 0.4) is 0 Å². The van der Waals surface area contributed by atoms with Crippen LogP contribution in [0.25, 0.3) is 0 Å². The first-order valence-electron chi connectivity index (χ1n) is 7.15. The molecule has 2 heterocycles. The standard InChI is InChI=1S/C15H23N3OS/c1-4-16-13-11-12(5-7-17-13)14(19)18-8-6-15(2,3)20-10-9-18/h5,7,11H,4,6,8-10H2,1-3H3,(H,16,17). The Kier molecular flexibility index (Phi) is 4.91. The number of nitrogens with zero attached hydrogens (tertiary/aromatic N) is 2. The number of amides is 1. The first kappa shape index (κ1) is 15.2. The fraction of sp³-hybridized carbons (Fsp3) is 0.600. The normalized spacial score (nSPS) is 18.4. The summed E-state index contributed by atoms with van der Waals surface area (Å²) in [5, 5.41) is 3.15. The minimum absolute atomic E-state index is 0.116. The number of rotatable bonds is 3. The molecule has 1 fully saturated rings. The lowest BCUT2D eigenvalue weighted by Crippen LogP contribution is -2.33. The van der Waals surface area contributed by atoms with Crippen molar-refractivity contribution < 1.29 is 4.79 Å². The summed E-state index contributed by atoms with van der Waals surface area (Å²) < 4.78 is 0.266. The summed E-state index contributed by atoms with van der Waals surface area (Å²) in [5.41, 5.74) is 0.723. The van der Waals surface area contributed by atoms with Crippen molar-refractivity contribution in [2.45, 2.75) is 31.9 Å². The van der Waals surface area contributed by atoms with Crippen molar-refractivity contribution in [3.8, 4) is 0 Å². The molecule has 4 nitrogen and oxygen atoms in total. The Morgan fingerprint density at radius 1 is 1.50 bits per heavy atom. The lowest BCUT2D eigenvalue weighted by molar-refractivity contribution is 0.0764. The molecule has 20 heavy (non-hydrogen) atoms. The van der Waals surface area contributed by atoms with E-state index in [1.165, 1.54) is 0 Å². The molecule has 1 aromatic heterocycles. The Bertz CT molecular complexity index is 476. The Hall–Kier alpha value is -1.23. The number of pyridine rings is 1. The summed E-state index contributed by atoms with van der Waals surface area (Å²) in [5.74, 6) is 1.89. The fourth-order valence-corrected chi connectivity index (χ4v) is 3.35. The molecule has 0 unspecified atom stereocenters. The molecule has 1 aliphatic heterocycles. The van der Waals surface area contributed by atoms with E-state index in [1.54, 1.807) is 12.3 Å². The van der Waals surface area contributed by atoms with E-state index < -0.39 is 0 Å². The number of aromatic nitrogens is 1. The van der Waals surface area contributed by atoms with Crippen molar-refractivity contribution in [3.05, 3.63) is 23.9 Å². The smallest absolute Gasteiger partial charge is 0.254 e. The molecule has 0 atom stereocenters. The Balaban J connectivity index is 2.08. The molecule has 0 aromatic carbocycles. The molecule has 1 aliphatic rings. The molecule has 0 aliphatic carbocycles. The van der Waals surface area contributed by atoms with Gasteiger partial charge in [0.15, 0.2) is 0 Å². The van der Waals surface area contributed by atoms with Gasteiger partial charge in [0.25, 0.3) is 5.91 Å². The number of nitrogens with one attached hydrogen (secondary N) is 1. The van der Waals surface area contributed by atoms with E-state index >= 15 is 0 Å². The van der Waals surface area contributed by atoms with Crippen LogP contribution in [0.1, 0.15) is 37.6 Å². The molecule has 1 saturated heterocycles. The van der Waals surface area contributed by atoms with Crippen LogP contribution in [0.5, 0.6) is 0 Å². The van der Waals surface area contributed by atoms with Crippen LogP contribution in [0.2, 0.25) is 0 Å². The Morgan fingerprint density at radius 3 is 3.05 bits per heavy atom. The van der Waals surface area contributed by atoms with Crippen molar-refractivity contribution in [3.63, 3.8) is 0 Å². The highest BCUT2D eigenvalue weighted by Gasteiger charge is 2.26. The summed E-state index contributed by atoms with van der Waals surface area (Å²) in [6.45, 7) is 8.98. The third kappa shape index (κ3) is 3.88. The first-order chi connectivity index (χ1) is 9.52. The predicted molar refractivity (Wildman–Crippen MR) is 85.5 cm³/mol. The van der Waals surface area contributed by atoms with E-state index in [4.69, 9.17) is 0 Å². The minimum Gasteiger partial charge on any atom is -0.370 e. The van der Waals surface area contributed by atoms with Crippen molar-refractivity contribution in [2.75, 3.05) is 30.7 Å². The lowest BCUT2D eigenvalue weighted by Gasteiger charge is -2.22. The summed E-state index contributed by atoms with van der Waals surface area (Å²) >= 11 is 1.95. The van der Waals surface area contributed by atoms with Gasteiger partial charge in [0.05, 0.1) is 0 Å². The lowest BCUT2D eigenvalue weighted by atomic mass is 10.1. The zero-order valence-corrected chi connectivity index (χ0v) is 13.3. The van der Waals surface area contributed by atoms with E-state index in [0.29, 0.717) is 0 Å². The van der Waals surface area contributed by atoms with E-state index in [9.17, 15) is 4.79 Å². The zero-order chi connectivity index (χ0) is 14.6. The van der Waals surface area contributed by atoms with Crippen molar-refractivity contribution in [2.24, 2.45) is 0 Å². The van der Waals surface area contributed by atoms with Gasteiger partial charge >= 0.3 is 0 Å². The fourth-order valence-electron chi connectivity index (χ4n) is 2.25. The van der Waals surface area contributed by atoms with Gasteiger partial charge in [0.1, 0.15) is 5.82 Å². The number of anilines is 1. The topological polar surface area (TPSA) is 45.2 Å². The van der Waals surface area contributed by atoms with Crippen LogP contribution >= 0.6 is 11.8 Å². The van der Waals surface area contributed by atoms with Gasteiger partial charge in [-0.05, 0) is 25.5 Å². The van der Waals surface area contributed by atoms with Crippen molar-refractivity contribution in [1.82, 2.24) is 9.88 Å². The van der Waals surface area contributed by atoms with E-state index in [-0.39, 0.29) is 10.7 Å². The van der Waals surface area contributed by atoms with Gasteiger partial charge in [0, 0.05) is 41.9 Å². The van der Waals surface area contributed by atoms with Gasteiger partial charge in [-0.25, -0.2) is 4.98 Å². The number of hydrogen-bond donors (Lipinski definition) is 1. The average Bonchev–Trinajstić information content (AvgIpc) is 2.60. The van der Waals surface area contributed by atoms with Crippen LogP contribution in [0.15, 0.2) is 18.3 Å². The monoisotopic (exact) mass is 293 g/mol. The van der Waals surface area contributed by atoms with Crippen LogP contribution in [0, 0.1) is 0 Å². The molecule has 0 radical (unpaired) electrons. The molecule has 0 spiro atoms. The zero-order valence-electron chi connectivity index (χ0n) is 12.5. The Labute approximate surface area is 125 Å². The molecule has 5 heteroatoms. The molecule has 110 valence electrons. The molecular formula is C15H23N3OS. The van der Waals surface area contributed by atoms with Crippen LogP contribution in [-0.4, -0.2) is 45.9 Å². The second kappa shape index (κ2) is 6.48. The number of thioether (sulfide) groups is 1. The van der Waals surface area contributed by atoms with E-state index in [2.05, 4.69) is 24.1 Å². The summed E-state index contributed by atoms with van der Waals surface area (Å²) in [4.78, 5) is 18.8. The highest BCUT2D eigenvalue weighted by molar-refractivity contribution is 8.00. The third-order valence-corrected chi connectivity index (χ3v) is 4.86. The quantitative estimate of drug-likeness (QED) is 0.931. The van der Waals surface area contributed by atoms with Gasteiger partial charge in [0.2, 0.25) is 0 Å². The third-order valence-electron chi connectivity index (χ3n) is 3.49. The second-order valence-electron chi connectivity index (χ2n) is 5.61. The highest BCUT2D eigenvalue weighted by atomic mass is 32.2. The number of carbonyl (C=O) groups excluding carboxylic acids is 1. The van der Waals surface area contributed by atoms with Gasteiger partial charge in [-0.3, -0.25) is 4.79 Å². The molecule has 1 N–H and O–H groups in total. The Morgan fingerprint density at radius 2 is 2.30 bits per heavy atom. The molecule has 0 saturated carbocycles. The van der Waals surface area contributed by atoms with Crippen LogP contribution in [0.4, 0.5) is 5.82 Å². The van der Waals surface area contributed by atoms with E-state index in [0.717, 1.165) is 43.2 Å². The summed E-state index contributed by atoms with van der Waals surface area (Å²) in [6.07, 6.45) is 2.73. The SMILES string of the molecule is CCNc1cc(C(=O)N2CCSC(C)(C)CC2)ccn1. The molecule has 2 rings (SSSR count). The van der Waals surface area contributed by atoms with Crippen LogP contribution in [-0.2, 0) is 0 Å².